The summed E-state index contributed by atoms with van der Waals surface area (Å²) in [6.07, 6.45) is 3.78. The lowest BCUT2D eigenvalue weighted by Crippen LogP contribution is -2.32. The van der Waals surface area contributed by atoms with E-state index in [0.717, 1.165) is 23.1 Å². The van der Waals surface area contributed by atoms with Crippen molar-refractivity contribution in [2.45, 2.75) is 18.9 Å². The van der Waals surface area contributed by atoms with E-state index >= 15 is 0 Å². The summed E-state index contributed by atoms with van der Waals surface area (Å²) in [5.41, 5.74) is 0. The number of rotatable bonds is 4. The first-order valence-corrected chi connectivity index (χ1v) is 5.56. The van der Waals surface area contributed by atoms with Gasteiger partial charge in [0.05, 0.1) is 4.47 Å². The van der Waals surface area contributed by atoms with E-state index in [-0.39, 0.29) is 6.54 Å². The molecule has 1 fully saturated rings. The lowest BCUT2D eigenvalue weighted by Gasteiger charge is -2.22. The van der Waals surface area contributed by atoms with Crippen molar-refractivity contribution in [2.75, 3.05) is 11.4 Å². The van der Waals surface area contributed by atoms with E-state index in [1.807, 2.05) is 17.0 Å². The second kappa shape index (κ2) is 4.18. The summed E-state index contributed by atoms with van der Waals surface area (Å²) in [7, 11) is 0. The van der Waals surface area contributed by atoms with Crippen LogP contribution in [0.15, 0.2) is 22.8 Å². The monoisotopic (exact) mass is 270 g/mol. The highest BCUT2D eigenvalue weighted by molar-refractivity contribution is 9.10. The van der Waals surface area contributed by atoms with Gasteiger partial charge in [0, 0.05) is 12.2 Å². The summed E-state index contributed by atoms with van der Waals surface area (Å²) in [5.74, 6) is -0.0955. The Hall–Kier alpha value is -1.10. The first kappa shape index (κ1) is 10.4. The third-order valence-corrected chi connectivity index (χ3v) is 2.92. The van der Waals surface area contributed by atoms with Gasteiger partial charge in [0.1, 0.15) is 12.4 Å². The molecule has 0 aromatic carbocycles. The van der Waals surface area contributed by atoms with Gasteiger partial charge in [0.25, 0.3) is 0 Å². The van der Waals surface area contributed by atoms with Crippen LogP contribution in [0.2, 0.25) is 0 Å². The zero-order valence-corrected chi connectivity index (χ0v) is 9.64. The maximum atomic E-state index is 10.7. The minimum Gasteiger partial charge on any atom is -0.480 e. The number of hydrogen-bond acceptors (Lipinski definition) is 3. The van der Waals surface area contributed by atoms with Crippen LogP contribution >= 0.6 is 15.9 Å². The molecule has 0 amide bonds. The predicted molar refractivity (Wildman–Crippen MR) is 59.9 cm³/mol. The Morgan fingerprint density at radius 2 is 2.40 bits per heavy atom. The van der Waals surface area contributed by atoms with Crippen molar-refractivity contribution in [2.24, 2.45) is 0 Å². The fourth-order valence-corrected chi connectivity index (χ4v) is 1.98. The van der Waals surface area contributed by atoms with Crippen molar-refractivity contribution in [1.29, 1.82) is 0 Å². The Labute approximate surface area is 96.1 Å². The molecule has 1 N–H and O–H groups in total. The zero-order valence-electron chi connectivity index (χ0n) is 8.06. The zero-order chi connectivity index (χ0) is 10.8. The van der Waals surface area contributed by atoms with Crippen LogP contribution in [-0.4, -0.2) is 28.6 Å². The van der Waals surface area contributed by atoms with E-state index < -0.39 is 5.97 Å². The average molecular weight is 271 g/mol. The number of carboxylic acids is 1. The van der Waals surface area contributed by atoms with Crippen molar-refractivity contribution in [3.63, 3.8) is 0 Å². The van der Waals surface area contributed by atoms with E-state index in [1.165, 1.54) is 0 Å². The number of anilines is 1. The quantitative estimate of drug-likeness (QED) is 0.908. The summed E-state index contributed by atoms with van der Waals surface area (Å²) < 4.78 is 0.846. The van der Waals surface area contributed by atoms with Crippen molar-refractivity contribution < 1.29 is 9.90 Å². The predicted octanol–water partition coefficient (Wildman–Crippen LogP) is 1.90. The number of carboxylic acid groups (broad SMARTS) is 1. The normalized spacial score (nSPS) is 15.0. The average Bonchev–Trinajstić information content (AvgIpc) is 2.98. The van der Waals surface area contributed by atoms with Gasteiger partial charge < -0.3 is 10.0 Å². The van der Waals surface area contributed by atoms with Crippen LogP contribution in [0.1, 0.15) is 12.8 Å². The lowest BCUT2D eigenvalue weighted by atomic mass is 10.4. The number of aliphatic carboxylic acids is 1. The van der Waals surface area contributed by atoms with Crippen LogP contribution in [0.3, 0.4) is 0 Å². The number of pyridine rings is 1. The molecule has 0 bridgehead atoms. The van der Waals surface area contributed by atoms with Gasteiger partial charge in [0.15, 0.2) is 0 Å². The van der Waals surface area contributed by atoms with Crippen LogP contribution in [-0.2, 0) is 4.79 Å². The molecule has 4 nitrogen and oxygen atoms in total. The van der Waals surface area contributed by atoms with Crippen molar-refractivity contribution in [3.05, 3.63) is 22.8 Å². The van der Waals surface area contributed by atoms with Crippen LogP contribution in [0.25, 0.3) is 0 Å². The number of halogens is 1. The van der Waals surface area contributed by atoms with Gasteiger partial charge in [-0.25, -0.2) is 4.98 Å². The van der Waals surface area contributed by atoms with E-state index in [4.69, 9.17) is 5.11 Å². The van der Waals surface area contributed by atoms with Gasteiger partial charge in [-0.2, -0.15) is 0 Å². The fourth-order valence-electron chi connectivity index (χ4n) is 1.50. The second-order valence-corrected chi connectivity index (χ2v) is 4.42. The molecule has 5 heteroatoms. The third kappa shape index (κ3) is 2.47. The molecule has 1 aliphatic carbocycles. The summed E-state index contributed by atoms with van der Waals surface area (Å²) in [6, 6.07) is 4.03. The maximum Gasteiger partial charge on any atom is 0.323 e. The molecule has 1 aliphatic rings. The minimum absolute atomic E-state index is 0.0142. The van der Waals surface area contributed by atoms with Gasteiger partial charge >= 0.3 is 5.97 Å². The Bertz CT molecular complexity index is 379. The highest BCUT2D eigenvalue weighted by Gasteiger charge is 2.32. The van der Waals surface area contributed by atoms with Crippen LogP contribution in [0.4, 0.5) is 5.82 Å². The molecule has 0 spiro atoms. The largest absolute Gasteiger partial charge is 0.480 e. The van der Waals surface area contributed by atoms with Crippen LogP contribution < -0.4 is 4.90 Å². The molecule has 1 saturated carbocycles. The number of nitrogens with zero attached hydrogens (tertiary/aromatic N) is 2. The minimum atomic E-state index is -0.820. The van der Waals surface area contributed by atoms with E-state index in [9.17, 15) is 4.79 Å². The molecular formula is C10H11BrN2O2. The Kier molecular flexibility index (Phi) is 2.90. The van der Waals surface area contributed by atoms with Crippen molar-refractivity contribution in [1.82, 2.24) is 4.98 Å². The summed E-state index contributed by atoms with van der Waals surface area (Å²) in [5, 5.41) is 8.83. The summed E-state index contributed by atoms with van der Waals surface area (Å²) >= 11 is 3.39. The first-order chi connectivity index (χ1) is 7.18. The SMILES string of the molecule is O=C(O)CN(c1ncccc1Br)C1CC1. The van der Waals surface area contributed by atoms with Gasteiger partial charge in [0.2, 0.25) is 0 Å². The molecule has 1 aromatic rings. The topological polar surface area (TPSA) is 53.4 Å². The molecule has 80 valence electrons. The molecule has 0 unspecified atom stereocenters. The van der Waals surface area contributed by atoms with Gasteiger partial charge in [-0.15, -0.1) is 0 Å². The molecule has 0 radical (unpaired) electrons. The summed E-state index contributed by atoms with van der Waals surface area (Å²) in [4.78, 5) is 16.8. The van der Waals surface area contributed by atoms with E-state index in [2.05, 4.69) is 20.9 Å². The van der Waals surface area contributed by atoms with Crippen LogP contribution in [0, 0.1) is 0 Å². The highest BCUT2D eigenvalue weighted by Crippen LogP contribution is 2.33. The Morgan fingerprint density at radius 1 is 1.67 bits per heavy atom. The lowest BCUT2D eigenvalue weighted by molar-refractivity contribution is -0.135. The second-order valence-electron chi connectivity index (χ2n) is 3.56. The number of hydrogen-bond donors (Lipinski definition) is 1. The Balaban J connectivity index is 2.24. The number of aromatic nitrogens is 1. The molecule has 0 saturated heterocycles. The van der Waals surface area contributed by atoms with Gasteiger partial charge in [-0.05, 0) is 40.9 Å². The molecular weight excluding hydrogens is 260 g/mol. The molecule has 0 aliphatic heterocycles. The molecule has 1 heterocycles. The van der Waals surface area contributed by atoms with Gasteiger partial charge in [-0.3, -0.25) is 4.79 Å². The fraction of sp³-hybridized carbons (Fsp3) is 0.400. The van der Waals surface area contributed by atoms with Crippen LogP contribution in [0.5, 0.6) is 0 Å². The molecule has 2 rings (SSSR count). The maximum absolute atomic E-state index is 10.7. The third-order valence-electron chi connectivity index (χ3n) is 2.30. The van der Waals surface area contributed by atoms with Gasteiger partial charge in [-0.1, -0.05) is 0 Å². The van der Waals surface area contributed by atoms with E-state index in [1.54, 1.807) is 6.20 Å². The molecule has 1 aromatic heterocycles. The standard InChI is InChI=1S/C10H11BrN2O2/c11-8-2-1-5-12-10(8)13(6-9(14)15)7-3-4-7/h1-2,5,7H,3-4,6H2,(H,14,15). The Morgan fingerprint density at radius 3 is 2.93 bits per heavy atom. The first-order valence-electron chi connectivity index (χ1n) is 4.77. The molecule has 15 heavy (non-hydrogen) atoms. The molecule has 0 atom stereocenters. The van der Waals surface area contributed by atoms with E-state index in [0.29, 0.717) is 6.04 Å². The smallest absolute Gasteiger partial charge is 0.323 e. The highest BCUT2D eigenvalue weighted by atomic mass is 79.9. The van der Waals surface area contributed by atoms with Crippen molar-refractivity contribution in [3.8, 4) is 0 Å². The summed E-state index contributed by atoms with van der Waals surface area (Å²) in [6.45, 7) is 0.0142. The number of carbonyl (C=O) groups is 1. The van der Waals surface area contributed by atoms with Crippen molar-refractivity contribution >= 4 is 27.7 Å².